The summed E-state index contributed by atoms with van der Waals surface area (Å²) >= 11 is 0. The van der Waals surface area contributed by atoms with E-state index in [1.807, 2.05) is 0 Å². The summed E-state index contributed by atoms with van der Waals surface area (Å²) in [5.74, 6) is 1.82. The average molecular weight is 233 g/mol. The maximum absolute atomic E-state index is 11.2. The van der Waals surface area contributed by atoms with Crippen molar-refractivity contribution in [1.82, 2.24) is 0 Å². The summed E-state index contributed by atoms with van der Waals surface area (Å²) in [4.78, 5) is 11.2. The van der Waals surface area contributed by atoms with Crippen molar-refractivity contribution in [3.63, 3.8) is 0 Å². The van der Waals surface area contributed by atoms with Crippen LogP contribution in [0.15, 0.2) is 24.3 Å². The Bertz CT molecular complexity index is 446. The molecule has 1 rings (SSSR count). The lowest BCUT2D eigenvalue weighted by molar-refractivity contribution is -0.158. The molecule has 90 valence electrons. The van der Waals surface area contributed by atoms with Crippen LogP contribution in [0.4, 0.5) is 5.69 Å². The number of terminal acetylenes is 1. The Morgan fingerprint density at radius 2 is 2.35 bits per heavy atom. The van der Waals surface area contributed by atoms with Crippen LogP contribution in [0.5, 0.6) is 0 Å². The minimum Gasteiger partial charge on any atom is -0.467 e. The fourth-order valence-corrected chi connectivity index (χ4v) is 1.29. The van der Waals surface area contributed by atoms with Gasteiger partial charge in [0.2, 0.25) is 0 Å². The van der Waals surface area contributed by atoms with Crippen LogP contribution in [-0.2, 0) is 9.53 Å². The SMILES string of the molecule is C#Cc1cccc(NCC(C)(O)C(=O)OC)c1. The number of benzene rings is 1. The first-order valence-electron chi connectivity index (χ1n) is 5.11. The van der Waals surface area contributed by atoms with Crippen molar-refractivity contribution in [2.24, 2.45) is 0 Å². The number of hydrogen-bond donors (Lipinski definition) is 2. The van der Waals surface area contributed by atoms with E-state index in [1.165, 1.54) is 14.0 Å². The van der Waals surface area contributed by atoms with E-state index in [1.54, 1.807) is 24.3 Å². The van der Waals surface area contributed by atoms with Gasteiger partial charge in [-0.1, -0.05) is 12.0 Å². The predicted molar refractivity (Wildman–Crippen MR) is 65.5 cm³/mol. The lowest BCUT2D eigenvalue weighted by atomic mass is 10.1. The molecule has 0 spiro atoms. The number of carbonyl (C=O) groups excluding carboxylic acids is 1. The molecule has 1 unspecified atom stereocenters. The largest absolute Gasteiger partial charge is 0.467 e. The van der Waals surface area contributed by atoms with Gasteiger partial charge in [-0.15, -0.1) is 6.42 Å². The molecule has 0 amide bonds. The number of nitrogens with one attached hydrogen (secondary N) is 1. The average Bonchev–Trinajstić information content (AvgIpc) is 2.35. The molecule has 4 heteroatoms. The zero-order valence-electron chi connectivity index (χ0n) is 9.86. The molecule has 0 aliphatic heterocycles. The normalized spacial score (nSPS) is 13.3. The maximum Gasteiger partial charge on any atom is 0.339 e. The van der Waals surface area contributed by atoms with Crippen LogP contribution in [0.3, 0.4) is 0 Å². The van der Waals surface area contributed by atoms with Gasteiger partial charge in [-0.2, -0.15) is 0 Å². The van der Waals surface area contributed by atoms with Gasteiger partial charge >= 0.3 is 5.97 Å². The molecule has 1 atom stereocenters. The van der Waals surface area contributed by atoms with Crippen LogP contribution in [0.25, 0.3) is 0 Å². The monoisotopic (exact) mass is 233 g/mol. The van der Waals surface area contributed by atoms with Crippen molar-refractivity contribution >= 4 is 11.7 Å². The van der Waals surface area contributed by atoms with Gasteiger partial charge in [0, 0.05) is 11.3 Å². The van der Waals surface area contributed by atoms with E-state index in [0.29, 0.717) is 0 Å². The van der Waals surface area contributed by atoms with Gasteiger partial charge in [0.1, 0.15) is 0 Å². The first kappa shape index (κ1) is 13.1. The van der Waals surface area contributed by atoms with E-state index in [0.717, 1.165) is 11.3 Å². The number of aliphatic hydroxyl groups is 1. The van der Waals surface area contributed by atoms with Gasteiger partial charge in [-0.25, -0.2) is 4.79 Å². The smallest absolute Gasteiger partial charge is 0.339 e. The molecule has 0 aliphatic rings. The molecule has 1 aromatic rings. The Morgan fingerprint density at radius 3 is 2.94 bits per heavy atom. The molecule has 0 saturated carbocycles. The van der Waals surface area contributed by atoms with Gasteiger partial charge in [-0.05, 0) is 25.1 Å². The van der Waals surface area contributed by atoms with Crippen molar-refractivity contribution in [1.29, 1.82) is 0 Å². The number of hydrogen-bond acceptors (Lipinski definition) is 4. The van der Waals surface area contributed by atoms with Crippen molar-refractivity contribution < 1.29 is 14.6 Å². The number of anilines is 1. The number of ether oxygens (including phenoxy) is 1. The fraction of sp³-hybridized carbons (Fsp3) is 0.308. The first-order chi connectivity index (χ1) is 7.99. The van der Waals surface area contributed by atoms with E-state index in [-0.39, 0.29) is 6.54 Å². The van der Waals surface area contributed by atoms with Crippen molar-refractivity contribution in [2.75, 3.05) is 19.0 Å². The van der Waals surface area contributed by atoms with E-state index in [9.17, 15) is 9.90 Å². The zero-order chi connectivity index (χ0) is 12.9. The number of rotatable bonds is 4. The molecule has 0 heterocycles. The first-order valence-corrected chi connectivity index (χ1v) is 5.11. The third kappa shape index (κ3) is 3.51. The highest BCUT2D eigenvalue weighted by Crippen LogP contribution is 2.12. The Hall–Kier alpha value is -1.99. The fourth-order valence-electron chi connectivity index (χ4n) is 1.29. The highest BCUT2D eigenvalue weighted by molar-refractivity contribution is 5.79. The summed E-state index contributed by atoms with van der Waals surface area (Å²) in [6, 6.07) is 7.15. The summed E-state index contributed by atoms with van der Waals surface area (Å²) < 4.78 is 4.49. The van der Waals surface area contributed by atoms with E-state index >= 15 is 0 Å². The summed E-state index contributed by atoms with van der Waals surface area (Å²) in [5, 5.41) is 12.7. The molecule has 0 aliphatic carbocycles. The summed E-state index contributed by atoms with van der Waals surface area (Å²) in [6.45, 7) is 1.44. The van der Waals surface area contributed by atoms with Crippen molar-refractivity contribution in [3.05, 3.63) is 29.8 Å². The minimum atomic E-state index is -1.57. The Balaban J connectivity index is 2.67. The van der Waals surface area contributed by atoms with E-state index < -0.39 is 11.6 Å². The number of methoxy groups -OCH3 is 1. The topological polar surface area (TPSA) is 58.6 Å². The number of esters is 1. The van der Waals surface area contributed by atoms with Crippen LogP contribution >= 0.6 is 0 Å². The van der Waals surface area contributed by atoms with Crippen molar-refractivity contribution in [2.45, 2.75) is 12.5 Å². The number of carbonyl (C=O) groups is 1. The molecule has 0 radical (unpaired) electrons. The summed E-state index contributed by atoms with van der Waals surface area (Å²) in [5.41, 5.74) is -0.0988. The third-order valence-electron chi connectivity index (χ3n) is 2.29. The second kappa shape index (κ2) is 5.37. The second-order valence-electron chi connectivity index (χ2n) is 3.84. The van der Waals surface area contributed by atoms with E-state index in [4.69, 9.17) is 6.42 Å². The highest BCUT2D eigenvalue weighted by atomic mass is 16.5. The van der Waals surface area contributed by atoms with Crippen LogP contribution in [-0.4, -0.2) is 30.3 Å². The molecule has 17 heavy (non-hydrogen) atoms. The van der Waals surface area contributed by atoms with Crippen molar-refractivity contribution in [3.8, 4) is 12.3 Å². The third-order valence-corrected chi connectivity index (χ3v) is 2.29. The van der Waals surface area contributed by atoms with Crippen LogP contribution in [0, 0.1) is 12.3 Å². The van der Waals surface area contributed by atoms with Gasteiger partial charge in [0.05, 0.1) is 13.7 Å². The Labute approximate surface area is 101 Å². The van der Waals surface area contributed by atoms with Gasteiger partial charge in [0.15, 0.2) is 5.60 Å². The lowest BCUT2D eigenvalue weighted by Crippen LogP contribution is -2.42. The standard InChI is InChI=1S/C13H15NO3/c1-4-10-6-5-7-11(8-10)14-9-13(2,16)12(15)17-3/h1,5-8,14,16H,9H2,2-3H3. The van der Waals surface area contributed by atoms with Gasteiger partial charge in [0.25, 0.3) is 0 Å². The molecule has 2 N–H and O–H groups in total. The highest BCUT2D eigenvalue weighted by Gasteiger charge is 2.31. The minimum absolute atomic E-state index is 0.0493. The molecule has 0 aromatic heterocycles. The van der Waals surface area contributed by atoms with Crippen LogP contribution in [0.1, 0.15) is 12.5 Å². The summed E-state index contributed by atoms with van der Waals surface area (Å²) in [6.07, 6.45) is 5.27. The molecule has 1 aromatic carbocycles. The van der Waals surface area contributed by atoms with E-state index in [2.05, 4.69) is 16.0 Å². The Morgan fingerprint density at radius 1 is 1.65 bits per heavy atom. The molecule has 0 saturated heterocycles. The Kier molecular flexibility index (Phi) is 4.13. The molecule has 0 fully saturated rings. The quantitative estimate of drug-likeness (QED) is 0.602. The maximum atomic E-state index is 11.2. The van der Waals surface area contributed by atoms with Crippen LogP contribution in [0.2, 0.25) is 0 Å². The molecular weight excluding hydrogens is 218 g/mol. The van der Waals surface area contributed by atoms with Gasteiger partial charge in [-0.3, -0.25) is 0 Å². The van der Waals surface area contributed by atoms with Gasteiger partial charge < -0.3 is 15.2 Å². The predicted octanol–water partition coefficient (Wildman–Crippen LogP) is 1.00. The molecular formula is C13H15NO3. The van der Waals surface area contributed by atoms with Crippen LogP contribution < -0.4 is 5.32 Å². The molecule has 0 bridgehead atoms. The lowest BCUT2D eigenvalue weighted by Gasteiger charge is -2.21. The summed E-state index contributed by atoms with van der Waals surface area (Å²) in [7, 11) is 1.23. The molecule has 4 nitrogen and oxygen atoms in total. The zero-order valence-corrected chi connectivity index (χ0v) is 9.86. The second-order valence-corrected chi connectivity index (χ2v) is 3.84.